The zero-order valence-corrected chi connectivity index (χ0v) is 12.4. The van der Waals surface area contributed by atoms with E-state index in [-0.39, 0.29) is 11.8 Å². The highest BCUT2D eigenvalue weighted by atomic mass is 32.2. The van der Waals surface area contributed by atoms with Crippen LogP contribution in [0.4, 0.5) is 0 Å². The number of nitrogens with zero attached hydrogens (tertiary/aromatic N) is 2. The largest absolute Gasteiger partial charge is 0.317 e. The van der Waals surface area contributed by atoms with Crippen molar-refractivity contribution in [3.63, 3.8) is 0 Å². The molecule has 0 saturated carbocycles. The van der Waals surface area contributed by atoms with E-state index in [1.165, 1.54) is 4.31 Å². The number of nitrogens with one attached hydrogen (secondary N) is 1. The molecule has 0 unspecified atom stereocenters. The number of benzene rings is 1. The topological polar surface area (TPSA) is 73.2 Å². The van der Waals surface area contributed by atoms with Crippen molar-refractivity contribution in [2.45, 2.75) is 24.6 Å². The van der Waals surface area contributed by atoms with Gasteiger partial charge in [-0.2, -0.15) is 5.26 Å². The number of rotatable bonds is 4. The molecule has 1 saturated heterocycles. The van der Waals surface area contributed by atoms with E-state index in [2.05, 4.69) is 5.32 Å². The Hall–Kier alpha value is -1.42. The highest BCUT2D eigenvalue weighted by Gasteiger charge is 2.27. The molecule has 6 heteroatoms. The highest BCUT2D eigenvalue weighted by molar-refractivity contribution is 7.88. The molecule has 1 heterocycles. The second-order valence-electron chi connectivity index (χ2n) is 5.07. The molecule has 1 aliphatic heterocycles. The molecule has 0 aromatic heterocycles. The van der Waals surface area contributed by atoms with Gasteiger partial charge >= 0.3 is 0 Å². The van der Waals surface area contributed by atoms with Crippen molar-refractivity contribution >= 4 is 10.0 Å². The number of nitriles is 1. The molecular formula is C14H19N3O2S. The van der Waals surface area contributed by atoms with E-state index in [0.29, 0.717) is 11.1 Å². The number of piperidine rings is 1. The number of hydrogen-bond donors (Lipinski definition) is 1. The van der Waals surface area contributed by atoms with Gasteiger partial charge in [0.15, 0.2) is 0 Å². The first kappa shape index (κ1) is 15.0. The van der Waals surface area contributed by atoms with Crippen LogP contribution in [0.15, 0.2) is 24.3 Å². The minimum Gasteiger partial charge on any atom is -0.317 e. The Morgan fingerprint density at radius 1 is 1.40 bits per heavy atom. The van der Waals surface area contributed by atoms with Crippen LogP contribution in [0.5, 0.6) is 0 Å². The molecule has 20 heavy (non-hydrogen) atoms. The maximum absolute atomic E-state index is 12.4. The van der Waals surface area contributed by atoms with Crippen molar-refractivity contribution in [1.82, 2.24) is 9.62 Å². The molecule has 1 fully saturated rings. The van der Waals surface area contributed by atoms with Crippen molar-refractivity contribution in [1.29, 1.82) is 5.26 Å². The first-order valence-electron chi connectivity index (χ1n) is 6.68. The Morgan fingerprint density at radius 2 is 2.10 bits per heavy atom. The summed E-state index contributed by atoms with van der Waals surface area (Å²) in [5.74, 6) is -0.0526. The summed E-state index contributed by atoms with van der Waals surface area (Å²) in [6.45, 7) is 1.71. The average Bonchev–Trinajstić information content (AvgIpc) is 2.47. The van der Waals surface area contributed by atoms with Gasteiger partial charge in [0, 0.05) is 13.1 Å². The summed E-state index contributed by atoms with van der Waals surface area (Å²) in [4.78, 5) is 0. The molecule has 5 nitrogen and oxygen atoms in total. The molecule has 0 bridgehead atoms. The minimum absolute atomic E-state index is 0.0526. The SMILES string of the molecule is CN(C1CCNCC1)S(=O)(=O)Cc1cccc(C#N)c1. The molecule has 0 aliphatic carbocycles. The number of hydrogen-bond acceptors (Lipinski definition) is 4. The maximum atomic E-state index is 12.4. The lowest BCUT2D eigenvalue weighted by atomic mass is 10.1. The van der Waals surface area contributed by atoms with Crippen LogP contribution in [-0.4, -0.2) is 38.9 Å². The minimum atomic E-state index is -3.34. The Morgan fingerprint density at radius 3 is 2.75 bits per heavy atom. The Kier molecular flexibility index (Phi) is 4.76. The summed E-state index contributed by atoms with van der Waals surface area (Å²) >= 11 is 0. The third-order valence-corrected chi connectivity index (χ3v) is 5.54. The fourth-order valence-corrected chi connectivity index (χ4v) is 3.91. The molecule has 0 radical (unpaired) electrons. The molecule has 2 rings (SSSR count). The quantitative estimate of drug-likeness (QED) is 0.901. The van der Waals surface area contributed by atoms with Crippen molar-refractivity contribution in [2.24, 2.45) is 0 Å². The summed E-state index contributed by atoms with van der Waals surface area (Å²) in [6.07, 6.45) is 1.68. The van der Waals surface area contributed by atoms with Crippen LogP contribution >= 0.6 is 0 Å². The normalized spacial score (nSPS) is 17.1. The van der Waals surface area contributed by atoms with Crippen molar-refractivity contribution in [3.05, 3.63) is 35.4 Å². The summed E-state index contributed by atoms with van der Waals surface area (Å²) in [6, 6.07) is 8.87. The van der Waals surface area contributed by atoms with Gasteiger partial charge in [0.1, 0.15) is 0 Å². The smallest absolute Gasteiger partial charge is 0.218 e. The summed E-state index contributed by atoms with van der Waals surface area (Å²) < 4.78 is 26.3. The Bertz CT molecular complexity index is 601. The van der Waals surface area contributed by atoms with E-state index in [9.17, 15) is 8.42 Å². The van der Waals surface area contributed by atoms with E-state index in [4.69, 9.17) is 5.26 Å². The zero-order chi connectivity index (χ0) is 14.6. The van der Waals surface area contributed by atoms with E-state index < -0.39 is 10.0 Å². The van der Waals surface area contributed by atoms with Crippen molar-refractivity contribution < 1.29 is 8.42 Å². The first-order valence-corrected chi connectivity index (χ1v) is 8.29. The molecular weight excluding hydrogens is 274 g/mol. The summed E-state index contributed by atoms with van der Waals surface area (Å²) in [5.41, 5.74) is 1.15. The lowest BCUT2D eigenvalue weighted by molar-refractivity contribution is 0.296. The van der Waals surface area contributed by atoms with Gasteiger partial charge in [-0.25, -0.2) is 12.7 Å². The molecule has 1 N–H and O–H groups in total. The van der Waals surface area contributed by atoms with Crippen LogP contribution < -0.4 is 5.32 Å². The van der Waals surface area contributed by atoms with Crippen LogP contribution in [0.3, 0.4) is 0 Å². The maximum Gasteiger partial charge on any atom is 0.218 e. The lowest BCUT2D eigenvalue weighted by Gasteiger charge is -2.30. The third kappa shape index (κ3) is 3.57. The molecule has 0 amide bonds. The van der Waals surface area contributed by atoms with Crippen LogP contribution in [0.2, 0.25) is 0 Å². The van der Waals surface area contributed by atoms with Gasteiger partial charge in [-0.15, -0.1) is 0 Å². The average molecular weight is 293 g/mol. The molecule has 0 atom stereocenters. The van der Waals surface area contributed by atoms with Gasteiger partial charge < -0.3 is 5.32 Å². The predicted octanol–water partition coefficient (Wildman–Crippen LogP) is 1.07. The summed E-state index contributed by atoms with van der Waals surface area (Å²) in [5, 5.41) is 12.1. The zero-order valence-electron chi connectivity index (χ0n) is 11.5. The van der Waals surface area contributed by atoms with Crippen molar-refractivity contribution in [2.75, 3.05) is 20.1 Å². The van der Waals surface area contributed by atoms with E-state index in [0.717, 1.165) is 25.9 Å². The van der Waals surface area contributed by atoms with Crippen LogP contribution in [-0.2, 0) is 15.8 Å². The molecule has 1 aromatic carbocycles. The Balaban J connectivity index is 2.11. The standard InChI is InChI=1S/C14H19N3O2S/c1-17(14-5-7-16-8-6-14)20(18,19)11-13-4-2-3-12(9-13)10-15/h2-4,9,14,16H,5-8,11H2,1H3. The molecule has 1 aliphatic rings. The fraction of sp³-hybridized carbons (Fsp3) is 0.500. The highest BCUT2D eigenvalue weighted by Crippen LogP contribution is 2.18. The molecule has 0 spiro atoms. The predicted molar refractivity (Wildman–Crippen MR) is 77.4 cm³/mol. The van der Waals surface area contributed by atoms with E-state index in [1.807, 2.05) is 6.07 Å². The lowest BCUT2D eigenvalue weighted by Crippen LogP contribution is -2.44. The van der Waals surface area contributed by atoms with Crippen molar-refractivity contribution in [3.8, 4) is 6.07 Å². The fourth-order valence-electron chi connectivity index (χ4n) is 2.44. The van der Waals surface area contributed by atoms with Crippen LogP contribution in [0.1, 0.15) is 24.0 Å². The van der Waals surface area contributed by atoms with Gasteiger partial charge in [-0.1, -0.05) is 12.1 Å². The summed E-state index contributed by atoms with van der Waals surface area (Å²) in [7, 11) is -1.69. The Labute approximate surface area is 120 Å². The van der Waals surface area contributed by atoms with Gasteiger partial charge in [0.25, 0.3) is 0 Å². The number of sulfonamides is 1. The second kappa shape index (κ2) is 6.35. The molecule has 108 valence electrons. The molecule has 1 aromatic rings. The van der Waals surface area contributed by atoms with Crippen LogP contribution in [0, 0.1) is 11.3 Å². The van der Waals surface area contributed by atoms with E-state index in [1.54, 1.807) is 31.3 Å². The van der Waals surface area contributed by atoms with Gasteiger partial charge in [0.05, 0.1) is 17.4 Å². The monoisotopic (exact) mass is 293 g/mol. The van der Waals surface area contributed by atoms with Crippen LogP contribution in [0.25, 0.3) is 0 Å². The van der Waals surface area contributed by atoms with Gasteiger partial charge in [-0.05, 0) is 43.6 Å². The van der Waals surface area contributed by atoms with Gasteiger partial charge in [0.2, 0.25) is 10.0 Å². The van der Waals surface area contributed by atoms with Gasteiger partial charge in [-0.3, -0.25) is 0 Å². The first-order chi connectivity index (χ1) is 9.53. The second-order valence-corrected chi connectivity index (χ2v) is 7.09. The van der Waals surface area contributed by atoms with E-state index >= 15 is 0 Å². The third-order valence-electron chi connectivity index (χ3n) is 3.67.